The van der Waals surface area contributed by atoms with E-state index in [0.717, 1.165) is 16.7 Å². The van der Waals surface area contributed by atoms with Gasteiger partial charge in [0.2, 0.25) is 5.78 Å². The molecular weight excluding hydrogens is 238 g/mol. The Kier molecular flexibility index (Phi) is 3.65. The lowest BCUT2D eigenvalue weighted by Gasteiger charge is -2.12. The molecule has 19 heavy (non-hydrogen) atoms. The van der Waals surface area contributed by atoms with Crippen molar-refractivity contribution in [3.8, 4) is 5.75 Å². The van der Waals surface area contributed by atoms with Crippen LogP contribution in [0.3, 0.4) is 0 Å². The standard InChI is InChI=1S/C16H17NO2/c1-10-8-12(3)14(13(9-10)19-4)16(18)15-11(2)6-5-7-17-15/h5-9H,1-4H3. The van der Waals surface area contributed by atoms with E-state index in [9.17, 15) is 4.79 Å². The summed E-state index contributed by atoms with van der Waals surface area (Å²) >= 11 is 0. The molecule has 0 fully saturated rings. The van der Waals surface area contributed by atoms with Gasteiger partial charge in [-0.1, -0.05) is 12.1 Å². The third-order valence-corrected chi connectivity index (χ3v) is 3.12. The first-order chi connectivity index (χ1) is 9.04. The highest BCUT2D eigenvalue weighted by atomic mass is 16.5. The van der Waals surface area contributed by atoms with Crippen molar-refractivity contribution in [2.45, 2.75) is 20.8 Å². The Balaban J connectivity index is 2.59. The van der Waals surface area contributed by atoms with Gasteiger partial charge in [0, 0.05) is 6.20 Å². The fraction of sp³-hybridized carbons (Fsp3) is 0.250. The Morgan fingerprint density at radius 3 is 2.53 bits per heavy atom. The Labute approximate surface area is 113 Å². The van der Waals surface area contributed by atoms with Gasteiger partial charge >= 0.3 is 0 Å². The first-order valence-corrected chi connectivity index (χ1v) is 6.16. The molecule has 1 aromatic heterocycles. The van der Waals surface area contributed by atoms with Crippen molar-refractivity contribution >= 4 is 5.78 Å². The molecule has 0 saturated heterocycles. The highest BCUT2D eigenvalue weighted by Crippen LogP contribution is 2.27. The number of carbonyl (C=O) groups is 1. The van der Waals surface area contributed by atoms with Gasteiger partial charge in [0.1, 0.15) is 11.4 Å². The molecule has 0 bridgehead atoms. The number of aromatic nitrogens is 1. The van der Waals surface area contributed by atoms with Gasteiger partial charge in [-0.25, -0.2) is 0 Å². The second-order valence-corrected chi connectivity index (χ2v) is 4.66. The lowest BCUT2D eigenvalue weighted by Crippen LogP contribution is -2.10. The molecule has 0 amide bonds. The zero-order chi connectivity index (χ0) is 14.0. The minimum absolute atomic E-state index is 0.0903. The van der Waals surface area contributed by atoms with Gasteiger partial charge in [0.05, 0.1) is 12.7 Å². The summed E-state index contributed by atoms with van der Waals surface area (Å²) in [5.41, 5.74) is 3.92. The van der Waals surface area contributed by atoms with Crippen LogP contribution >= 0.6 is 0 Å². The van der Waals surface area contributed by atoms with Gasteiger partial charge in [-0.05, 0) is 49.6 Å². The van der Waals surface area contributed by atoms with Crippen molar-refractivity contribution < 1.29 is 9.53 Å². The summed E-state index contributed by atoms with van der Waals surface area (Å²) in [6.07, 6.45) is 1.64. The maximum absolute atomic E-state index is 12.6. The molecule has 0 radical (unpaired) electrons. The minimum atomic E-state index is -0.0903. The SMILES string of the molecule is COc1cc(C)cc(C)c1C(=O)c1ncccc1C. The van der Waals surface area contributed by atoms with E-state index in [1.807, 2.05) is 45.0 Å². The topological polar surface area (TPSA) is 39.2 Å². The van der Waals surface area contributed by atoms with Gasteiger partial charge in [0.25, 0.3) is 0 Å². The average Bonchev–Trinajstić information content (AvgIpc) is 2.37. The van der Waals surface area contributed by atoms with E-state index in [0.29, 0.717) is 17.0 Å². The molecule has 0 aliphatic rings. The molecule has 0 N–H and O–H groups in total. The Morgan fingerprint density at radius 2 is 1.89 bits per heavy atom. The molecule has 1 heterocycles. The number of pyridine rings is 1. The minimum Gasteiger partial charge on any atom is -0.496 e. The molecule has 3 nitrogen and oxygen atoms in total. The number of benzene rings is 1. The summed E-state index contributed by atoms with van der Waals surface area (Å²) in [7, 11) is 1.58. The lowest BCUT2D eigenvalue weighted by atomic mass is 9.97. The van der Waals surface area contributed by atoms with E-state index in [1.165, 1.54) is 0 Å². The Hall–Kier alpha value is -2.16. The van der Waals surface area contributed by atoms with Gasteiger partial charge in [-0.3, -0.25) is 9.78 Å². The van der Waals surface area contributed by atoms with E-state index in [2.05, 4.69) is 4.98 Å². The zero-order valence-corrected chi connectivity index (χ0v) is 11.7. The number of ether oxygens (including phenoxy) is 1. The van der Waals surface area contributed by atoms with E-state index < -0.39 is 0 Å². The summed E-state index contributed by atoms with van der Waals surface area (Å²) in [5, 5.41) is 0. The molecule has 0 aliphatic heterocycles. The van der Waals surface area contributed by atoms with Crippen molar-refractivity contribution in [2.24, 2.45) is 0 Å². The molecule has 0 atom stereocenters. The second-order valence-electron chi connectivity index (χ2n) is 4.66. The van der Waals surface area contributed by atoms with Crippen LogP contribution in [0.15, 0.2) is 30.5 Å². The molecule has 0 saturated carbocycles. The molecular formula is C16H17NO2. The van der Waals surface area contributed by atoms with Crippen molar-refractivity contribution in [2.75, 3.05) is 7.11 Å². The molecule has 0 spiro atoms. The van der Waals surface area contributed by atoms with Crippen molar-refractivity contribution in [1.82, 2.24) is 4.98 Å². The van der Waals surface area contributed by atoms with Crippen LogP contribution in [0.5, 0.6) is 5.75 Å². The third kappa shape index (κ3) is 2.50. The summed E-state index contributed by atoms with van der Waals surface area (Å²) in [6, 6.07) is 7.56. The van der Waals surface area contributed by atoms with Gasteiger partial charge in [0.15, 0.2) is 0 Å². The molecule has 0 aliphatic carbocycles. The summed E-state index contributed by atoms with van der Waals surface area (Å²) in [4.78, 5) is 16.8. The maximum atomic E-state index is 12.6. The van der Waals surface area contributed by atoms with Crippen LogP contribution in [-0.2, 0) is 0 Å². The lowest BCUT2D eigenvalue weighted by molar-refractivity contribution is 0.103. The molecule has 0 unspecified atom stereocenters. The quantitative estimate of drug-likeness (QED) is 0.790. The first-order valence-electron chi connectivity index (χ1n) is 6.16. The molecule has 1 aromatic carbocycles. The number of hydrogen-bond acceptors (Lipinski definition) is 3. The molecule has 2 aromatic rings. The van der Waals surface area contributed by atoms with Crippen LogP contribution in [-0.4, -0.2) is 17.9 Å². The van der Waals surface area contributed by atoms with E-state index in [-0.39, 0.29) is 5.78 Å². The van der Waals surface area contributed by atoms with Crippen LogP contribution in [0.25, 0.3) is 0 Å². The number of aryl methyl sites for hydroxylation is 3. The maximum Gasteiger partial charge on any atom is 0.215 e. The van der Waals surface area contributed by atoms with E-state index in [4.69, 9.17) is 4.74 Å². The summed E-state index contributed by atoms with van der Waals surface area (Å²) in [5.74, 6) is 0.514. The predicted octanol–water partition coefficient (Wildman–Crippen LogP) is 3.25. The number of methoxy groups -OCH3 is 1. The summed E-state index contributed by atoms with van der Waals surface area (Å²) < 4.78 is 5.34. The largest absolute Gasteiger partial charge is 0.496 e. The Morgan fingerprint density at radius 1 is 1.16 bits per heavy atom. The average molecular weight is 255 g/mol. The number of rotatable bonds is 3. The smallest absolute Gasteiger partial charge is 0.215 e. The van der Waals surface area contributed by atoms with Crippen LogP contribution in [0, 0.1) is 20.8 Å². The highest BCUT2D eigenvalue weighted by Gasteiger charge is 2.20. The van der Waals surface area contributed by atoms with Crippen LogP contribution < -0.4 is 4.74 Å². The predicted molar refractivity (Wildman–Crippen MR) is 74.9 cm³/mol. The van der Waals surface area contributed by atoms with Crippen molar-refractivity contribution in [3.05, 3.63) is 58.4 Å². The summed E-state index contributed by atoms with van der Waals surface area (Å²) in [6.45, 7) is 5.78. The number of hydrogen-bond donors (Lipinski definition) is 0. The Bertz CT molecular complexity index is 633. The van der Waals surface area contributed by atoms with Gasteiger partial charge < -0.3 is 4.74 Å². The van der Waals surface area contributed by atoms with Gasteiger partial charge in [-0.2, -0.15) is 0 Å². The van der Waals surface area contributed by atoms with Crippen LogP contribution in [0.4, 0.5) is 0 Å². The number of carbonyl (C=O) groups excluding carboxylic acids is 1. The number of ketones is 1. The molecule has 2 rings (SSSR count). The first kappa shape index (κ1) is 13.3. The van der Waals surface area contributed by atoms with Gasteiger partial charge in [-0.15, -0.1) is 0 Å². The molecule has 98 valence electrons. The monoisotopic (exact) mass is 255 g/mol. The normalized spacial score (nSPS) is 10.3. The zero-order valence-electron chi connectivity index (χ0n) is 11.7. The van der Waals surface area contributed by atoms with E-state index in [1.54, 1.807) is 13.3 Å². The fourth-order valence-electron chi connectivity index (χ4n) is 2.22. The van der Waals surface area contributed by atoms with Crippen molar-refractivity contribution in [3.63, 3.8) is 0 Å². The van der Waals surface area contributed by atoms with Crippen molar-refractivity contribution in [1.29, 1.82) is 0 Å². The highest BCUT2D eigenvalue weighted by molar-refractivity contribution is 6.11. The van der Waals surface area contributed by atoms with Crippen LogP contribution in [0.1, 0.15) is 32.7 Å². The molecule has 3 heteroatoms. The third-order valence-electron chi connectivity index (χ3n) is 3.12. The van der Waals surface area contributed by atoms with Crippen LogP contribution in [0.2, 0.25) is 0 Å². The van der Waals surface area contributed by atoms with E-state index >= 15 is 0 Å². The second kappa shape index (κ2) is 5.22. The number of nitrogens with zero attached hydrogens (tertiary/aromatic N) is 1. The fourth-order valence-corrected chi connectivity index (χ4v) is 2.22.